The van der Waals surface area contributed by atoms with Crippen LogP contribution in [0.25, 0.3) is 11.0 Å². The molecular weight excluding hydrogens is 562 g/mol. The van der Waals surface area contributed by atoms with Crippen molar-refractivity contribution in [3.63, 3.8) is 0 Å². The Labute approximate surface area is 254 Å². The van der Waals surface area contributed by atoms with Gasteiger partial charge < -0.3 is 29.0 Å². The molecule has 2 N–H and O–H groups in total. The van der Waals surface area contributed by atoms with Crippen LogP contribution in [0.2, 0.25) is 0 Å². The molecule has 0 bridgehead atoms. The van der Waals surface area contributed by atoms with E-state index in [9.17, 15) is 15.0 Å². The molecule has 2 saturated heterocycles. The van der Waals surface area contributed by atoms with Crippen LogP contribution in [0.5, 0.6) is 17.4 Å². The first kappa shape index (κ1) is 28.1. The molecule has 4 aromatic rings. The highest BCUT2D eigenvalue weighted by molar-refractivity contribution is 5.95. The van der Waals surface area contributed by atoms with E-state index in [2.05, 4.69) is 17.0 Å². The van der Waals surface area contributed by atoms with Crippen LogP contribution in [0.1, 0.15) is 52.3 Å². The summed E-state index contributed by atoms with van der Waals surface area (Å²) in [5, 5.41) is 29.3. The van der Waals surface area contributed by atoms with Gasteiger partial charge in [-0.05, 0) is 62.1 Å². The average Bonchev–Trinajstić information content (AvgIpc) is 3.65. The van der Waals surface area contributed by atoms with Gasteiger partial charge in [-0.1, -0.05) is 12.1 Å². The molecule has 2 aliphatic heterocycles. The third-order valence-electron chi connectivity index (χ3n) is 9.31. The second-order valence-corrected chi connectivity index (χ2v) is 11.9. The predicted octanol–water partition coefficient (Wildman–Crippen LogP) is 4.25. The van der Waals surface area contributed by atoms with E-state index < -0.39 is 5.97 Å². The van der Waals surface area contributed by atoms with E-state index in [0.29, 0.717) is 47.2 Å². The van der Waals surface area contributed by atoms with Crippen molar-refractivity contribution in [2.24, 2.45) is 5.92 Å². The van der Waals surface area contributed by atoms with E-state index >= 15 is 0 Å². The lowest BCUT2D eigenvalue weighted by atomic mass is 9.91. The summed E-state index contributed by atoms with van der Waals surface area (Å²) < 4.78 is 19.2. The maximum absolute atomic E-state index is 11.7. The lowest BCUT2D eigenvalue weighted by Crippen LogP contribution is -2.37. The number of likely N-dealkylation sites (tertiary alicyclic amines) is 1. The van der Waals surface area contributed by atoms with Crippen molar-refractivity contribution >= 4 is 17.0 Å². The van der Waals surface area contributed by atoms with E-state index in [-0.39, 0.29) is 29.4 Å². The number of nitrogens with zero attached hydrogens (tertiary/aromatic N) is 5. The van der Waals surface area contributed by atoms with Crippen LogP contribution in [-0.4, -0.2) is 68.5 Å². The first-order chi connectivity index (χ1) is 21.4. The number of phenols is 1. The molecule has 44 heavy (non-hydrogen) atoms. The number of carboxylic acid groups (broad SMARTS) is 1. The lowest BCUT2D eigenvalue weighted by Gasteiger charge is -2.32. The molecule has 0 radical (unpaired) electrons. The number of imidazole rings is 1. The minimum absolute atomic E-state index is 0.0244. The summed E-state index contributed by atoms with van der Waals surface area (Å²) in [5.74, 6) is 1.21. The fourth-order valence-electron chi connectivity index (χ4n) is 6.66. The summed E-state index contributed by atoms with van der Waals surface area (Å²) in [4.78, 5) is 23.8. The maximum atomic E-state index is 11.7. The zero-order valence-corrected chi connectivity index (χ0v) is 24.4. The molecule has 11 nitrogen and oxygen atoms in total. The molecule has 1 saturated carbocycles. The third-order valence-corrected chi connectivity index (χ3v) is 9.31. The highest BCUT2D eigenvalue weighted by atomic mass is 16.5. The first-order valence-electron chi connectivity index (χ1n) is 14.8. The second kappa shape index (κ2) is 11.1. The molecule has 3 fully saturated rings. The van der Waals surface area contributed by atoms with Crippen molar-refractivity contribution in [1.82, 2.24) is 19.4 Å². The molecule has 2 aromatic heterocycles. The summed E-state index contributed by atoms with van der Waals surface area (Å²) in [6, 6.07) is 16.2. The topological polar surface area (TPSA) is 143 Å². The zero-order chi connectivity index (χ0) is 30.4. The average molecular weight is 596 g/mol. The van der Waals surface area contributed by atoms with Crippen LogP contribution < -0.4 is 9.47 Å². The van der Waals surface area contributed by atoms with Crippen LogP contribution in [0.15, 0.2) is 48.5 Å². The number of aromatic hydroxyl groups is 1. The van der Waals surface area contributed by atoms with Crippen LogP contribution in [0.3, 0.4) is 0 Å². The summed E-state index contributed by atoms with van der Waals surface area (Å²) in [5.41, 5.74) is 3.52. The summed E-state index contributed by atoms with van der Waals surface area (Å²) in [6.07, 6.45) is 3.00. The van der Waals surface area contributed by atoms with E-state index in [1.165, 1.54) is 6.07 Å². The van der Waals surface area contributed by atoms with Crippen LogP contribution >= 0.6 is 0 Å². The molecule has 11 heteroatoms. The number of fused-ring (bicyclic) bond motifs is 2. The number of piperidine rings is 1. The normalized spacial score (nSPS) is 22.5. The molecule has 4 heterocycles. The van der Waals surface area contributed by atoms with Crippen molar-refractivity contribution in [1.29, 1.82) is 5.26 Å². The van der Waals surface area contributed by atoms with Gasteiger partial charge in [0.25, 0.3) is 0 Å². The van der Waals surface area contributed by atoms with Crippen molar-refractivity contribution in [2.45, 2.75) is 50.5 Å². The minimum atomic E-state index is -1.09. The number of aromatic carboxylic acids is 1. The van der Waals surface area contributed by atoms with Crippen LogP contribution in [-0.2, 0) is 29.8 Å². The van der Waals surface area contributed by atoms with E-state index in [4.69, 9.17) is 29.4 Å². The van der Waals surface area contributed by atoms with E-state index in [1.807, 2.05) is 22.8 Å². The minimum Gasteiger partial charge on any atom is -0.506 e. The van der Waals surface area contributed by atoms with E-state index in [1.54, 1.807) is 25.3 Å². The quantitative estimate of drug-likeness (QED) is 0.273. The number of methoxy groups -OCH3 is 1. The fourth-order valence-corrected chi connectivity index (χ4v) is 6.66. The zero-order valence-electron chi connectivity index (χ0n) is 24.4. The van der Waals surface area contributed by atoms with Gasteiger partial charge in [0.05, 0.1) is 54.7 Å². The Morgan fingerprint density at radius 2 is 2.09 bits per heavy atom. The van der Waals surface area contributed by atoms with Gasteiger partial charge in [0, 0.05) is 30.2 Å². The van der Waals surface area contributed by atoms with Gasteiger partial charge in [0.1, 0.15) is 29.4 Å². The molecule has 0 spiro atoms. The molecule has 7 rings (SSSR count). The number of hydrogen-bond acceptors (Lipinski definition) is 9. The Morgan fingerprint density at radius 1 is 1.23 bits per heavy atom. The Hall–Kier alpha value is -4.66. The van der Waals surface area contributed by atoms with Crippen molar-refractivity contribution in [3.8, 4) is 23.4 Å². The number of rotatable bonds is 10. The van der Waals surface area contributed by atoms with Gasteiger partial charge in [-0.2, -0.15) is 5.26 Å². The van der Waals surface area contributed by atoms with Gasteiger partial charge in [-0.3, -0.25) is 4.90 Å². The molecule has 0 amide bonds. The number of carbonyl (C=O) groups is 1. The molecule has 3 aliphatic rings. The number of ether oxygens (including phenoxy) is 3. The van der Waals surface area contributed by atoms with Crippen LogP contribution in [0, 0.1) is 17.2 Å². The largest absolute Gasteiger partial charge is 0.506 e. The molecule has 2 aromatic carbocycles. The highest BCUT2D eigenvalue weighted by Crippen LogP contribution is 2.59. The van der Waals surface area contributed by atoms with Crippen LogP contribution in [0.4, 0.5) is 0 Å². The fraction of sp³-hybridized carbons (Fsp3) is 0.394. The molecular formula is C33H33N5O6. The van der Waals surface area contributed by atoms with Gasteiger partial charge >= 0.3 is 5.97 Å². The standard InChI is InChI=1S/C33H33N5O6/c1-42-27-11-20(15-34)5-6-21(27)19-44-30-4-2-3-28(35-30)33-8-9-37(16-23(33)14-33)18-29-36-31-25(38(29)17-24-7-10-43-24)12-22(32(40)41)13-26(31)39/h2-6,11-13,23-24,39H,7-10,14,16-19H2,1H3,(H,40,41)/t23?,24-,33?/m0/s1. The number of nitriles is 1. The van der Waals surface area contributed by atoms with Gasteiger partial charge in [0.2, 0.25) is 5.88 Å². The summed E-state index contributed by atoms with van der Waals surface area (Å²) >= 11 is 0. The van der Waals surface area contributed by atoms with Crippen molar-refractivity contribution in [2.75, 3.05) is 26.8 Å². The molecule has 3 atom stereocenters. The number of carboxylic acids is 1. The molecule has 226 valence electrons. The third kappa shape index (κ3) is 5.10. The monoisotopic (exact) mass is 595 g/mol. The Balaban J connectivity index is 1.05. The van der Waals surface area contributed by atoms with Gasteiger partial charge in [0.15, 0.2) is 0 Å². The maximum Gasteiger partial charge on any atom is 0.335 e. The first-order valence-corrected chi connectivity index (χ1v) is 14.8. The van der Waals surface area contributed by atoms with Crippen molar-refractivity contribution < 1.29 is 29.2 Å². The second-order valence-electron chi connectivity index (χ2n) is 11.9. The van der Waals surface area contributed by atoms with Gasteiger partial charge in [-0.25, -0.2) is 14.8 Å². The smallest absolute Gasteiger partial charge is 0.335 e. The van der Waals surface area contributed by atoms with Gasteiger partial charge in [-0.15, -0.1) is 0 Å². The number of pyridine rings is 1. The predicted molar refractivity (Wildman–Crippen MR) is 159 cm³/mol. The summed E-state index contributed by atoms with van der Waals surface area (Å²) in [6.45, 7) is 3.93. The SMILES string of the molecule is COc1cc(C#N)ccc1COc1cccc(C23CCN(Cc4nc5c(O)cc(C(=O)O)cc5n4C[C@@H]4CCO4)CC2C3)n1. The Bertz CT molecular complexity index is 1790. The molecule has 2 unspecified atom stereocenters. The lowest BCUT2D eigenvalue weighted by molar-refractivity contribution is -0.0592. The molecule has 1 aliphatic carbocycles. The Morgan fingerprint density at radius 3 is 2.82 bits per heavy atom. The highest BCUT2D eigenvalue weighted by Gasteiger charge is 2.58. The summed E-state index contributed by atoms with van der Waals surface area (Å²) in [7, 11) is 1.58. The van der Waals surface area contributed by atoms with Crippen molar-refractivity contribution in [3.05, 3.63) is 76.7 Å². The Kier molecular flexibility index (Phi) is 7.11. The van der Waals surface area contributed by atoms with E-state index in [0.717, 1.165) is 56.0 Å². The number of hydrogen-bond donors (Lipinski definition) is 2. The number of aromatic nitrogens is 3. The number of phenolic OH excluding ortho intramolecular Hbond substituents is 1. The number of benzene rings is 2.